The Balaban J connectivity index is 1.71. The molecule has 0 radical (unpaired) electrons. The first-order valence-corrected chi connectivity index (χ1v) is 7.52. The topological polar surface area (TPSA) is 73.9 Å². The smallest absolute Gasteiger partial charge is 0.336 e. The van der Waals surface area contributed by atoms with Gasteiger partial charge in [0, 0.05) is 25.3 Å². The highest BCUT2D eigenvalue weighted by atomic mass is 35.5. The monoisotopic (exact) mass is 324 g/mol. The van der Waals surface area contributed by atoms with Crippen molar-refractivity contribution in [2.75, 3.05) is 43.1 Å². The van der Waals surface area contributed by atoms with Gasteiger partial charge in [-0.05, 0) is 24.6 Å². The second-order valence-corrected chi connectivity index (χ2v) is 5.51. The molecule has 0 spiro atoms. The molecule has 2 heterocycles. The average molecular weight is 325 g/mol. The van der Waals surface area contributed by atoms with Gasteiger partial charge in [-0.2, -0.15) is 0 Å². The van der Waals surface area contributed by atoms with Crippen LogP contribution < -0.4 is 15.6 Å². The van der Waals surface area contributed by atoms with Crippen molar-refractivity contribution in [2.45, 2.75) is 6.42 Å². The van der Waals surface area contributed by atoms with E-state index in [2.05, 4.69) is 10.7 Å². The molecule has 2 saturated heterocycles. The number of nitrogens with one attached hydrogen (secondary N) is 2. The molecule has 118 valence electrons. The van der Waals surface area contributed by atoms with Gasteiger partial charge in [0.2, 0.25) is 0 Å². The molecule has 7 nitrogen and oxygen atoms in total. The standard InChI is InChI=1S/C14H17ClN4O3/c15-11-8-10(17-14(21)19-5-1-4-16-19)2-3-12(11)18-6-7-22-9-13(18)20/h2-3,8,16H,1,4-7,9H2,(H,17,21). The summed E-state index contributed by atoms with van der Waals surface area (Å²) in [5, 5.41) is 4.73. The number of hydrazine groups is 1. The number of hydrogen-bond acceptors (Lipinski definition) is 4. The number of anilines is 2. The summed E-state index contributed by atoms with van der Waals surface area (Å²) in [6, 6.07) is 4.90. The zero-order valence-electron chi connectivity index (χ0n) is 12.0. The molecule has 22 heavy (non-hydrogen) atoms. The maximum absolute atomic E-state index is 12.0. The zero-order chi connectivity index (χ0) is 15.5. The summed E-state index contributed by atoms with van der Waals surface area (Å²) in [5.41, 5.74) is 4.20. The minimum absolute atomic E-state index is 0.0649. The number of urea groups is 1. The van der Waals surface area contributed by atoms with Gasteiger partial charge in [-0.1, -0.05) is 11.6 Å². The van der Waals surface area contributed by atoms with Crippen LogP contribution >= 0.6 is 11.6 Å². The molecule has 0 unspecified atom stereocenters. The molecule has 0 aliphatic carbocycles. The summed E-state index contributed by atoms with van der Waals surface area (Å²) in [4.78, 5) is 25.4. The molecule has 8 heteroatoms. The Kier molecular flexibility index (Phi) is 4.47. The average Bonchev–Trinajstić information content (AvgIpc) is 3.03. The van der Waals surface area contributed by atoms with Crippen LogP contribution in [0.4, 0.5) is 16.2 Å². The van der Waals surface area contributed by atoms with Gasteiger partial charge in [0.05, 0.1) is 17.3 Å². The third kappa shape index (κ3) is 3.16. The van der Waals surface area contributed by atoms with E-state index in [1.807, 2.05) is 0 Å². The van der Waals surface area contributed by atoms with Gasteiger partial charge < -0.3 is 15.0 Å². The normalized spacial score (nSPS) is 18.7. The van der Waals surface area contributed by atoms with E-state index in [4.69, 9.17) is 16.3 Å². The molecule has 2 aliphatic rings. The third-order valence-corrected chi connectivity index (χ3v) is 3.88. The Morgan fingerprint density at radius 1 is 1.36 bits per heavy atom. The maximum atomic E-state index is 12.0. The number of nitrogens with zero attached hydrogens (tertiary/aromatic N) is 2. The largest absolute Gasteiger partial charge is 0.370 e. The number of morpholine rings is 1. The summed E-state index contributed by atoms with van der Waals surface area (Å²) in [6.07, 6.45) is 0.937. The Morgan fingerprint density at radius 2 is 2.23 bits per heavy atom. The van der Waals surface area contributed by atoms with E-state index >= 15 is 0 Å². The van der Waals surface area contributed by atoms with E-state index in [1.165, 1.54) is 5.01 Å². The van der Waals surface area contributed by atoms with Crippen LogP contribution in [0.15, 0.2) is 18.2 Å². The molecular formula is C14H17ClN4O3. The molecule has 0 aromatic heterocycles. The third-order valence-electron chi connectivity index (χ3n) is 3.58. The number of hydrogen-bond donors (Lipinski definition) is 2. The SMILES string of the molecule is O=C(Nc1ccc(N2CCOCC2=O)c(Cl)c1)N1CCCN1. The molecule has 1 aromatic carbocycles. The summed E-state index contributed by atoms with van der Waals surface area (Å²) in [5.74, 6) is -0.119. The second kappa shape index (κ2) is 6.51. The number of rotatable bonds is 2. The van der Waals surface area contributed by atoms with Crippen molar-refractivity contribution < 1.29 is 14.3 Å². The predicted molar refractivity (Wildman–Crippen MR) is 83.0 cm³/mol. The van der Waals surface area contributed by atoms with Gasteiger partial charge in [0.25, 0.3) is 5.91 Å². The molecule has 3 rings (SSSR count). The minimum atomic E-state index is -0.219. The molecular weight excluding hydrogens is 308 g/mol. The molecule has 2 fully saturated rings. The lowest BCUT2D eigenvalue weighted by Crippen LogP contribution is -2.42. The fraction of sp³-hybridized carbons (Fsp3) is 0.429. The molecule has 0 atom stereocenters. The Bertz CT molecular complexity index is 589. The van der Waals surface area contributed by atoms with Crippen LogP contribution in [0.3, 0.4) is 0 Å². The van der Waals surface area contributed by atoms with Crippen LogP contribution in [0.5, 0.6) is 0 Å². The molecule has 1 aromatic rings. The van der Waals surface area contributed by atoms with Crippen LogP contribution in [-0.4, -0.2) is 49.8 Å². The Hall–Kier alpha value is -1.83. The summed E-state index contributed by atoms with van der Waals surface area (Å²) >= 11 is 6.26. The van der Waals surface area contributed by atoms with Crippen molar-refractivity contribution in [2.24, 2.45) is 0 Å². The van der Waals surface area contributed by atoms with Crippen molar-refractivity contribution in [3.8, 4) is 0 Å². The Labute approximate surface area is 133 Å². The number of amides is 3. The summed E-state index contributed by atoms with van der Waals surface area (Å²) in [6.45, 7) is 2.50. The maximum Gasteiger partial charge on any atom is 0.336 e. The van der Waals surface area contributed by atoms with E-state index in [1.54, 1.807) is 23.1 Å². The Morgan fingerprint density at radius 3 is 2.91 bits per heavy atom. The minimum Gasteiger partial charge on any atom is -0.370 e. The van der Waals surface area contributed by atoms with E-state index in [-0.39, 0.29) is 18.5 Å². The van der Waals surface area contributed by atoms with Crippen molar-refractivity contribution in [3.63, 3.8) is 0 Å². The highest BCUT2D eigenvalue weighted by molar-refractivity contribution is 6.34. The summed E-state index contributed by atoms with van der Waals surface area (Å²) in [7, 11) is 0. The van der Waals surface area contributed by atoms with Crippen molar-refractivity contribution in [3.05, 3.63) is 23.2 Å². The van der Waals surface area contributed by atoms with Crippen LogP contribution in [0.2, 0.25) is 5.02 Å². The fourth-order valence-electron chi connectivity index (χ4n) is 2.47. The highest BCUT2D eigenvalue weighted by Gasteiger charge is 2.23. The first-order valence-electron chi connectivity index (χ1n) is 7.15. The second-order valence-electron chi connectivity index (χ2n) is 5.11. The van der Waals surface area contributed by atoms with E-state index in [0.29, 0.717) is 36.1 Å². The van der Waals surface area contributed by atoms with Gasteiger partial charge in [0.1, 0.15) is 6.61 Å². The number of carbonyl (C=O) groups excluding carboxylic acids is 2. The lowest BCUT2D eigenvalue weighted by molar-refractivity contribution is -0.125. The van der Waals surface area contributed by atoms with Gasteiger partial charge >= 0.3 is 6.03 Å². The van der Waals surface area contributed by atoms with Crippen LogP contribution in [0.25, 0.3) is 0 Å². The first-order chi connectivity index (χ1) is 10.6. The van der Waals surface area contributed by atoms with Gasteiger partial charge in [-0.15, -0.1) is 0 Å². The van der Waals surface area contributed by atoms with E-state index in [0.717, 1.165) is 13.0 Å². The number of benzene rings is 1. The lowest BCUT2D eigenvalue weighted by atomic mass is 10.2. The summed E-state index contributed by atoms with van der Waals surface area (Å²) < 4.78 is 5.10. The fourth-order valence-corrected chi connectivity index (χ4v) is 2.75. The zero-order valence-corrected chi connectivity index (χ0v) is 12.7. The highest BCUT2D eigenvalue weighted by Crippen LogP contribution is 2.29. The molecule has 3 amide bonds. The van der Waals surface area contributed by atoms with Crippen LogP contribution in [0, 0.1) is 0 Å². The predicted octanol–water partition coefficient (Wildman–Crippen LogP) is 1.45. The molecule has 0 bridgehead atoms. The van der Waals surface area contributed by atoms with E-state index < -0.39 is 0 Å². The van der Waals surface area contributed by atoms with Crippen molar-refractivity contribution in [1.29, 1.82) is 0 Å². The quantitative estimate of drug-likeness (QED) is 0.863. The number of carbonyl (C=O) groups is 2. The van der Waals surface area contributed by atoms with Crippen molar-refractivity contribution >= 4 is 34.9 Å². The molecule has 2 aliphatic heterocycles. The lowest BCUT2D eigenvalue weighted by Gasteiger charge is -2.27. The van der Waals surface area contributed by atoms with E-state index in [9.17, 15) is 9.59 Å². The number of halogens is 1. The molecule has 2 N–H and O–H groups in total. The van der Waals surface area contributed by atoms with Crippen LogP contribution in [-0.2, 0) is 9.53 Å². The van der Waals surface area contributed by atoms with Crippen molar-refractivity contribution in [1.82, 2.24) is 10.4 Å². The van der Waals surface area contributed by atoms with Crippen LogP contribution in [0.1, 0.15) is 6.42 Å². The molecule has 0 saturated carbocycles. The van der Waals surface area contributed by atoms with Gasteiger partial charge in [-0.25, -0.2) is 10.2 Å². The van der Waals surface area contributed by atoms with Gasteiger partial charge in [-0.3, -0.25) is 9.80 Å². The first kappa shape index (κ1) is 15.1. The number of ether oxygens (including phenoxy) is 1. The van der Waals surface area contributed by atoms with Gasteiger partial charge in [0.15, 0.2) is 0 Å².